The van der Waals surface area contributed by atoms with Crippen LogP contribution in [-0.2, 0) is 0 Å². The van der Waals surface area contributed by atoms with Crippen molar-refractivity contribution in [3.8, 4) is 0 Å². The Morgan fingerprint density at radius 2 is 2.29 bits per heavy atom. The van der Waals surface area contributed by atoms with E-state index >= 15 is 0 Å². The maximum atomic E-state index is 12.8. The van der Waals surface area contributed by atoms with Crippen molar-refractivity contribution in [3.05, 3.63) is 52.2 Å². The predicted molar refractivity (Wildman–Crippen MR) is 52.6 cm³/mol. The lowest BCUT2D eigenvalue weighted by Gasteiger charge is -2.07. The minimum Gasteiger partial charge on any atom is -0.383 e. The number of halogens is 1. The van der Waals surface area contributed by atoms with Crippen LogP contribution in [0.3, 0.4) is 0 Å². The summed E-state index contributed by atoms with van der Waals surface area (Å²) in [6.07, 6.45) is 0.804. The van der Waals surface area contributed by atoms with Crippen LogP contribution >= 0.6 is 11.3 Å². The minimum atomic E-state index is -0.779. The van der Waals surface area contributed by atoms with E-state index in [1.807, 2.05) is 0 Å². The number of hydrogen-bond donors (Lipinski definition) is 1. The van der Waals surface area contributed by atoms with Gasteiger partial charge < -0.3 is 5.11 Å². The van der Waals surface area contributed by atoms with E-state index in [9.17, 15) is 9.50 Å². The SMILES string of the molecule is OC(c1cccc(F)c1)c1cncs1. The summed E-state index contributed by atoms with van der Waals surface area (Å²) in [5.74, 6) is -0.342. The van der Waals surface area contributed by atoms with E-state index in [0.717, 1.165) is 4.88 Å². The van der Waals surface area contributed by atoms with Crippen molar-refractivity contribution < 1.29 is 9.50 Å². The summed E-state index contributed by atoms with van der Waals surface area (Å²) in [5.41, 5.74) is 2.19. The fourth-order valence-corrected chi connectivity index (χ4v) is 1.83. The molecule has 0 aliphatic carbocycles. The van der Waals surface area contributed by atoms with Gasteiger partial charge in [0.15, 0.2) is 0 Å². The molecular weight excluding hydrogens is 201 g/mol. The molecule has 0 amide bonds. The van der Waals surface area contributed by atoms with Gasteiger partial charge in [0.2, 0.25) is 0 Å². The first-order chi connectivity index (χ1) is 6.77. The largest absolute Gasteiger partial charge is 0.383 e. The monoisotopic (exact) mass is 209 g/mol. The fraction of sp³-hybridized carbons (Fsp3) is 0.100. The van der Waals surface area contributed by atoms with E-state index in [4.69, 9.17) is 0 Å². The third kappa shape index (κ3) is 1.81. The molecule has 1 N–H and O–H groups in total. The highest BCUT2D eigenvalue weighted by molar-refractivity contribution is 7.09. The number of aromatic nitrogens is 1. The van der Waals surface area contributed by atoms with Crippen molar-refractivity contribution in [1.29, 1.82) is 0 Å². The van der Waals surface area contributed by atoms with Crippen LogP contribution in [0.25, 0.3) is 0 Å². The summed E-state index contributed by atoms with van der Waals surface area (Å²) in [6.45, 7) is 0. The normalized spacial score (nSPS) is 12.7. The van der Waals surface area contributed by atoms with Crippen molar-refractivity contribution in [3.63, 3.8) is 0 Å². The molecule has 0 aliphatic heterocycles. The Balaban J connectivity index is 2.32. The van der Waals surface area contributed by atoms with Gasteiger partial charge >= 0.3 is 0 Å². The molecule has 72 valence electrons. The van der Waals surface area contributed by atoms with Crippen molar-refractivity contribution in [2.24, 2.45) is 0 Å². The second kappa shape index (κ2) is 3.86. The van der Waals surface area contributed by atoms with Gasteiger partial charge in [-0.3, -0.25) is 4.98 Å². The van der Waals surface area contributed by atoms with Crippen LogP contribution in [-0.4, -0.2) is 10.1 Å². The molecule has 1 unspecified atom stereocenters. The second-order valence-electron chi connectivity index (χ2n) is 2.86. The second-order valence-corrected chi connectivity index (χ2v) is 3.78. The quantitative estimate of drug-likeness (QED) is 0.823. The molecule has 1 heterocycles. The number of benzene rings is 1. The molecule has 4 heteroatoms. The van der Waals surface area contributed by atoms with E-state index in [2.05, 4.69) is 4.98 Å². The Hall–Kier alpha value is -1.26. The lowest BCUT2D eigenvalue weighted by molar-refractivity contribution is 0.223. The molecule has 1 atom stereocenters. The first-order valence-corrected chi connectivity index (χ1v) is 4.97. The minimum absolute atomic E-state index is 0.342. The standard InChI is InChI=1S/C10H8FNOS/c11-8-3-1-2-7(4-8)10(13)9-5-12-6-14-9/h1-6,10,13H. The summed E-state index contributed by atoms with van der Waals surface area (Å²) in [4.78, 5) is 4.57. The fourth-order valence-electron chi connectivity index (χ4n) is 1.20. The topological polar surface area (TPSA) is 33.1 Å². The average molecular weight is 209 g/mol. The van der Waals surface area contributed by atoms with E-state index in [-0.39, 0.29) is 5.82 Å². The van der Waals surface area contributed by atoms with Crippen LogP contribution in [0.1, 0.15) is 16.5 Å². The average Bonchev–Trinajstić information content (AvgIpc) is 2.69. The van der Waals surface area contributed by atoms with E-state index in [0.29, 0.717) is 5.56 Å². The zero-order valence-electron chi connectivity index (χ0n) is 7.22. The van der Waals surface area contributed by atoms with Gasteiger partial charge in [-0.15, -0.1) is 11.3 Å². The van der Waals surface area contributed by atoms with Crippen LogP contribution in [0.4, 0.5) is 4.39 Å². The van der Waals surface area contributed by atoms with E-state index in [1.54, 1.807) is 23.8 Å². The summed E-state index contributed by atoms with van der Waals surface area (Å²) in [7, 11) is 0. The van der Waals surface area contributed by atoms with Crippen LogP contribution in [0, 0.1) is 5.82 Å². The summed E-state index contributed by atoms with van der Waals surface area (Å²) in [5, 5.41) is 9.81. The molecule has 0 spiro atoms. The molecule has 2 nitrogen and oxygen atoms in total. The molecule has 2 rings (SSSR count). The highest BCUT2D eigenvalue weighted by atomic mass is 32.1. The van der Waals surface area contributed by atoms with Crippen LogP contribution in [0.15, 0.2) is 36.0 Å². The Morgan fingerprint density at radius 1 is 1.43 bits per heavy atom. The third-order valence-corrected chi connectivity index (χ3v) is 2.71. The zero-order chi connectivity index (χ0) is 9.97. The first kappa shape index (κ1) is 9.30. The predicted octanol–water partition coefficient (Wildman–Crippen LogP) is 2.36. The maximum absolute atomic E-state index is 12.8. The highest BCUT2D eigenvalue weighted by Gasteiger charge is 2.11. The molecule has 0 aliphatic rings. The Bertz CT molecular complexity index is 416. The molecule has 0 fully saturated rings. The van der Waals surface area contributed by atoms with Gasteiger partial charge in [-0.1, -0.05) is 12.1 Å². The van der Waals surface area contributed by atoms with Gasteiger partial charge in [-0.25, -0.2) is 4.39 Å². The number of thiazole rings is 1. The van der Waals surface area contributed by atoms with Gasteiger partial charge in [0, 0.05) is 6.20 Å². The van der Waals surface area contributed by atoms with Crippen molar-refractivity contribution >= 4 is 11.3 Å². The smallest absolute Gasteiger partial charge is 0.123 e. The number of nitrogens with zero attached hydrogens (tertiary/aromatic N) is 1. The van der Waals surface area contributed by atoms with Crippen molar-refractivity contribution in [1.82, 2.24) is 4.98 Å². The van der Waals surface area contributed by atoms with E-state index in [1.165, 1.54) is 23.5 Å². The lowest BCUT2D eigenvalue weighted by atomic mass is 10.1. The molecule has 0 bridgehead atoms. The first-order valence-electron chi connectivity index (χ1n) is 4.09. The van der Waals surface area contributed by atoms with Gasteiger partial charge in [-0.05, 0) is 17.7 Å². The maximum Gasteiger partial charge on any atom is 0.123 e. The zero-order valence-corrected chi connectivity index (χ0v) is 8.04. The Labute approximate surface area is 84.7 Å². The van der Waals surface area contributed by atoms with Crippen LogP contribution in [0.2, 0.25) is 0 Å². The van der Waals surface area contributed by atoms with Gasteiger partial charge in [0.1, 0.15) is 11.9 Å². The van der Waals surface area contributed by atoms with Gasteiger partial charge in [0.05, 0.1) is 10.4 Å². The number of aliphatic hydroxyl groups excluding tert-OH is 1. The summed E-state index contributed by atoms with van der Waals surface area (Å²) in [6, 6.07) is 5.94. The summed E-state index contributed by atoms with van der Waals surface area (Å²) < 4.78 is 12.8. The molecule has 1 aromatic heterocycles. The molecule has 2 aromatic rings. The van der Waals surface area contributed by atoms with Crippen LogP contribution in [0.5, 0.6) is 0 Å². The van der Waals surface area contributed by atoms with Gasteiger partial charge in [0.25, 0.3) is 0 Å². The van der Waals surface area contributed by atoms with Crippen LogP contribution < -0.4 is 0 Å². The van der Waals surface area contributed by atoms with Crippen molar-refractivity contribution in [2.75, 3.05) is 0 Å². The molecule has 0 radical (unpaired) electrons. The number of rotatable bonds is 2. The highest BCUT2D eigenvalue weighted by Crippen LogP contribution is 2.24. The Kier molecular flexibility index (Phi) is 2.56. The molecule has 0 saturated heterocycles. The number of hydrogen-bond acceptors (Lipinski definition) is 3. The lowest BCUT2D eigenvalue weighted by Crippen LogP contribution is -1.97. The third-order valence-electron chi connectivity index (χ3n) is 1.89. The molecule has 1 aromatic carbocycles. The molecular formula is C10H8FNOS. The van der Waals surface area contributed by atoms with E-state index < -0.39 is 6.10 Å². The molecule has 14 heavy (non-hydrogen) atoms. The summed E-state index contributed by atoms with van der Waals surface area (Å²) >= 11 is 1.35. The van der Waals surface area contributed by atoms with Crippen molar-refractivity contribution in [2.45, 2.75) is 6.10 Å². The van der Waals surface area contributed by atoms with Gasteiger partial charge in [-0.2, -0.15) is 0 Å². The molecule has 0 saturated carbocycles. The Morgan fingerprint density at radius 3 is 2.93 bits per heavy atom. The number of aliphatic hydroxyl groups is 1.